The number of rotatable bonds is 4. The minimum atomic E-state index is -0.770. The molecule has 0 spiro atoms. The van der Waals surface area contributed by atoms with Crippen LogP contribution in [0.4, 0.5) is 5.69 Å². The summed E-state index contributed by atoms with van der Waals surface area (Å²) in [6, 6.07) is 4.92. The second-order valence-corrected chi connectivity index (χ2v) is 5.84. The summed E-state index contributed by atoms with van der Waals surface area (Å²) < 4.78 is 0. The number of nitro groups is 1. The minimum Gasteiger partial charge on any atom is -0.481 e. The fraction of sp³-hybridized carbons (Fsp3) is 0.500. The van der Waals surface area contributed by atoms with E-state index >= 15 is 0 Å². The molecule has 1 N–H and O–H groups in total. The van der Waals surface area contributed by atoms with E-state index in [1.807, 2.05) is 0 Å². The van der Waals surface area contributed by atoms with E-state index < -0.39 is 10.9 Å². The van der Waals surface area contributed by atoms with E-state index in [0.29, 0.717) is 19.5 Å². The number of nitrogens with zero attached hydrogens (tertiary/aromatic N) is 2. The number of benzene rings is 1. The standard InChI is InChI=1S/C14H17ClN2O4/c1-9-2-4-11(14(18)19)8-16(9)7-10-3-5-13(17(20)21)12(15)6-10/h3,5-6,9,11H,2,4,7-8H2,1H3,(H,18,19). The van der Waals surface area contributed by atoms with Gasteiger partial charge in [-0.2, -0.15) is 0 Å². The van der Waals surface area contributed by atoms with Crippen molar-refractivity contribution in [1.82, 2.24) is 4.90 Å². The van der Waals surface area contributed by atoms with Gasteiger partial charge in [0.2, 0.25) is 0 Å². The third-order valence-corrected chi connectivity index (χ3v) is 4.26. The van der Waals surface area contributed by atoms with Gasteiger partial charge in [-0.15, -0.1) is 0 Å². The van der Waals surface area contributed by atoms with E-state index in [1.54, 1.807) is 12.1 Å². The van der Waals surface area contributed by atoms with Crippen LogP contribution in [0.5, 0.6) is 0 Å². The first-order valence-corrected chi connectivity index (χ1v) is 7.16. The van der Waals surface area contributed by atoms with Crippen LogP contribution in [0.3, 0.4) is 0 Å². The van der Waals surface area contributed by atoms with Gasteiger partial charge in [0.1, 0.15) is 5.02 Å². The molecule has 1 aromatic carbocycles. The van der Waals surface area contributed by atoms with E-state index in [0.717, 1.165) is 12.0 Å². The van der Waals surface area contributed by atoms with Crippen molar-refractivity contribution >= 4 is 23.3 Å². The molecule has 0 amide bonds. The fourth-order valence-corrected chi connectivity index (χ4v) is 2.90. The maximum absolute atomic E-state index is 11.1. The first kappa shape index (κ1) is 15.7. The van der Waals surface area contributed by atoms with Crippen molar-refractivity contribution in [3.8, 4) is 0 Å². The van der Waals surface area contributed by atoms with E-state index in [-0.39, 0.29) is 22.7 Å². The highest BCUT2D eigenvalue weighted by Crippen LogP contribution is 2.28. The molecule has 2 unspecified atom stereocenters. The van der Waals surface area contributed by atoms with Crippen LogP contribution in [0.15, 0.2) is 18.2 Å². The number of piperidine rings is 1. The summed E-state index contributed by atoms with van der Waals surface area (Å²) >= 11 is 5.90. The third-order valence-electron chi connectivity index (χ3n) is 3.95. The summed E-state index contributed by atoms with van der Waals surface area (Å²) in [7, 11) is 0. The van der Waals surface area contributed by atoms with E-state index in [1.165, 1.54) is 6.07 Å². The summed E-state index contributed by atoms with van der Waals surface area (Å²) in [5, 5.41) is 20.0. The van der Waals surface area contributed by atoms with Crippen LogP contribution in [-0.4, -0.2) is 33.5 Å². The Morgan fingerprint density at radius 3 is 2.81 bits per heavy atom. The van der Waals surface area contributed by atoms with Gasteiger partial charge in [0, 0.05) is 25.2 Å². The number of aliphatic carboxylic acids is 1. The number of hydrogen-bond donors (Lipinski definition) is 1. The van der Waals surface area contributed by atoms with E-state index in [9.17, 15) is 14.9 Å². The Bertz CT molecular complexity index is 564. The number of hydrogen-bond acceptors (Lipinski definition) is 4. The van der Waals surface area contributed by atoms with Crippen molar-refractivity contribution < 1.29 is 14.8 Å². The zero-order chi connectivity index (χ0) is 15.6. The molecule has 1 aliphatic heterocycles. The highest BCUT2D eigenvalue weighted by atomic mass is 35.5. The maximum atomic E-state index is 11.1. The normalized spacial score (nSPS) is 23.0. The zero-order valence-corrected chi connectivity index (χ0v) is 12.4. The topological polar surface area (TPSA) is 83.7 Å². The van der Waals surface area contributed by atoms with Crippen LogP contribution >= 0.6 is 11.6 Å². The van der Waals surface area contributed by atoms with Gasteiger partial charge in [0.25, 0.3) is 5.69 Å². The Kier molecular flexibility index (Phi) is 4.80. The molecule has 2 atom stereocenters. The van der Waals surface area contributed by atoms with Gasteiger partial charge >= 0.3 is 5.97 Å². The molecule has 7 heteroatoms. The number of carboxylic acids is 1. The number of carboxylic acid groups (broad SMARTS) is 1. The van der Waals surface area contributed by atoms with Crippen LogP contribution in [0.1, 0.15) is 25.3 Å². The third kappa shape index (κ3) is 3.71. The Morgan fingerprint density at radius 2 is 2.24 bits per heavy atom. The first-order chi connectivity index (χ1) is 9.88. The molecule has 0 bridgehead atoms. The van der Waals surface area contributed by atoms with Gasteiger partial charge in [-0.1, -0.05) is 17.7 Å². The van der Waals surface area contributed by atoms with Crippen LogP contribution in [0, 0.1) is 16.0 Å². The van der Waals surface area contributed by atoms with Crippen LogP contribution in [0.2, 0.25) is 5.02 Å². The molecule has 1 fully saturated rings. The van der Waals surface area contributed by atoms with Crippen LogP contribution in [0.25, 0.3) is 0 Å². The lowest BCUT2D eigenvalue weighted by molar-refractivity contribution is -0.384. The number of nitro benzene ring substituents is 1. The molecule has 21 heavy (non-hydrogen) atoms. The van der Waals surface area contributed by atoms with Gasteiger partial charge in [-0.05, 0) is 31.4 Å². The molecule has 114 valence electrons. The van der Waals surface area contributed by atoms with Crippen molar-refractivity contribution in [1.29, 1.82) is 0 Å². The highest BCUT2D eigenvalue weighted by Gasteiger charge is 2.29. The predicted octanol–water partition coefficient (Wildman–Crippen LogP) is 2.93. The van der Waals surface area contributed by atoms with Gasteiger partial charge in [0.05, 0.1) is 10.8 Å². The molecule has 1 heterocycles. The van der Waals surface area contributed by atoms with Crippen molar-refractivity contribution in [3.05, 3.63) is 38.9 Å². The Hall–Kier alpha value is -1.66. The Morgan fingerprint density at radius 1 is 1.52 bits per heavy atom. The molecule has 0 aliphatic carbocycles. The summed E-state index contributed by atoms with van der Waals surface area (Å²) in [4.78, 5) is 23.4. The van der Waals surface area contributed by atoms with Gasteiger partial charge in [0.15, 0.2) is 0 Å². The van der Waals surface area contributed by atoms with Crippen molar-refractivity contribution in [2.24, 2.45) is 5.92 Å². The van der Waals surface area contributed by atoms with Crippen LogP contribution in [-0.2, 0) is 11.3 Å². The molecule has 1 saturated heterocycles. The summed E-state index contributed by atoms with van der Waals surface area (Å²) in [5.74, 6) is -1.12. The quantitative estimate of drug-likeness (QED) is 0.682. The maximum Gasteiger partial charge on any atom is 0.307 e. The van der Waals surface area contributed by atoms with Crippen LogP contribution < -0.4 is 0 Å². The van der Waals surface area contributed by atoms with Crippen molar-refractivity contribution in [3.63, 3.8) is 0 Å². The number of likely N-dealkylation sites (tertiary alicyclic amines) is 1. The largest absolute Gasteiger partial charge is 0.481 e. The minimum absolute atomic E-state index is 0.108. The zero-order valence-electron chi connectivity index (χ0n) is 11.7. The number of halogens is 1. The smallest absolute Gasteiger partial charge is 0.307 e. The molecule has 0 aromatic heterocycles. The molecule has 1 aromatic rings. The molecule has 6 nitrogen and oxygen atoms in total. The lowest BCUT2D eigenvalue weighted by atomic mass is 9.93. The molecule has 2 rings (SSSR count). The molecule has 1 aliphatic rings. The molecular weight excluding hydrogens is 296 g/mol. The second-order valence-electron chi connectivity index (χ2n) is 5.43. The first-order valence-electron chi connectivity index (χ1n) is 6.78. The summed E-state index contributed by atoms with van der Waals surface area (Å²) in [5.41, 5.74) is 0.735. The number of carbonyl (C=O) groups is 1. The highest BCUT2D eigenvalue weighted by molar-refractivity contribution is 6.32. The summed E-state index contributed by atoms with van der Waals surface area (Å²) in [6.45, 7) is 3.10. The molecular formula is C14H17ClN2O4. The average molecular weight is 313 g/mol. The molecule has 0 radical (unpaired) electrons. The van der Waals surface area contributed by atoms with Gasteiger partial charge < -0.3 is 5.11 Å². The second kappa shape index (κ2) is 6.41. The Labute approximate surface area is 127 Å². The average Bonchev–Trinajstić information content (AvgIpc) is 2.40. The van der Waals surface area contributed by atoms with Gasteiger partial charge in [-0.3, -0.25) is 19.8 Å². The summed E-state index contributed by atoms with van der Waals surface area (Å²) in [6.07, 6.45) is 1.52. The van der Waals surface area contributed by atoms with Crippen molar-refractivity contribution in [2.75, 3.05) is 6.54 Å². The lowest BCUT2D eigenvalue weighted by Crippen LogP contribution is -2.43. The van der Waals surface area contributed by atoms with E-state index in [2.05, 4.69) is 11.8 Å². The lowest BCUT2D eigenvalue weighted by Gasteiger charge is -2.36. The van der Waals surface area contributed by atoms with E-state index in [4.69, 9.17) is 16.7 Å². The Balaban J connectivity index is 2.11. The molecule has 0 saturated carbocycles. The van der Waals surface area contributed by atoms with Crippen molar-refractivity contribution in [2.45, 2.75) is 32.4 Å². The SMILES string of the molecule is CC1CCC(C(=O)O)CN1Cc1ccc([N+](=O)[O-])c(Cl)c1. The predicted molar refractivity (Wildman–Crippen MR) is 78.3 cm³/mol. The fourth-order valence-electron chi connectivity index (χ4n) is 2.63. The monoisotopic (exact) mass is 312 g/mol. The van der Waals surface area contributed by atoms with Gasteiger partial charge in [-0.25, -0.2) is 0 Å².